The van der Waals surface area contributed by atoms with Crippen molar-refractivity contribution in [1.29, 1.82) is 0 Å². The fourth-order valence-electron chi connectivity index (χ4n) is 1.66. The number of amides is 1. The van der Waals surface area contributed by atoms with Crippen LogP contribution in [0.2, 0.25) is 0 Å². The zero-order valence-electron chi connectivity index (χ0n) is 10.6. The molecule has 0 aliphatic carbocycles. The summed E-state index contributed by atoms with van der Waals surface area (Å²) in [6.45, 7) is 6.67. The van der Waals surface area contributed by atoms with Crippen molar-refractivity contribution >= 4 is 25.6 Å². The van der Waals surface area contributed by atoms with E-state index in [1.54, 1.807) is 17.9 Å². The molecule has 1 aromatic carbocycles. The summed E-state index contributed by atoms with van der Waals surface area (Å²) in [4.78, 5) is 13.8. The average molecular weight is 290 g/mol. The molecule has 0 saturated carbocycles. The minimum absolute atomic E-state index is 0.0507. The number of carbonyl (C=O) groups excluding carboxylic acids is 1. The highest BCUT2D eigenvalue weighted by Crippen LogP contribution is 2.20. The number of halogens is 1. The Kier molecular flexibility index (Phi) is 4.76. The van der Waals surface area contributed by atoms with Gasteiger partial charge in [-0.25, -0.2) is 8.42 Å². The first kappa shape index (κ1) is 15.0. The lowest BCUT2D eigenvalue weighted by atomic mass is 10.1. The van der Waals surface area contributed by atoms with Crippen LogP contribution in [0.5, 0.6) is 0 Å². The van der Waals surface area contributed by atoms with Crippen LogP contribution in [0.1, 0.15) is 29.8 Å². The molecule has 0 aliphatic rings. The van der Waals surface area contributed by atoms with E-state index in [1.807, 2.05) is 13.8 Å². The molecule has 1 rings (SSSR count). The summed E-state index contributed by atoms with van der Waals surface area (Å²) >= 11 is 0. The van der Waals surface area contributed by atoms with Crippen molar-refractivity contribution in [2.24, 2.45) is 0 Å². The van der Waals surface area contributed by atoms with Crippen LogP contribution >= 0.6 is 10.7 Å². The van der Waals surface area contributed by atoms with Crippen molar-refractivity contribution < 1.29 is 13.2 Å². The lowest BCUT2D eigenvalue weighted by molar-refractivity contribution is 0.0772. The van der Waals surface area contributed by atoms with Gasteiger partial charge in [0, 0.05) is 29.3 Å². The zero-order chi connectivity index (χ0) is 13.9. The van der Waals surface area contributed by atoms with Crippen LogP contribution in [0.3, 0.4) is 0 Å². The first-order valence-corrected chi connectivity index (χ1v) is 7.96. The lowest BCUT2D eigenvalue weighted by Crippen LogP contribution is -2.31. The van der Waals surface area contributed by atoms with Crippen LogP contribution in [-0.4, -0.2) is 32.3 Å². The number of hydrogen-bond donors (Lipinski definition) is 0. The second-order valence-corrected chi connectivity index (χ2v) is 6.46. The van der Waals surface area contributed by atoms with Gasteiger partial charge in [-0.3, -0.25) is 4.79 Å². The van der Waals surface area contributed by atoms with Crippen LogP contribution in [0.15, 0.2) is 23.1 Å². The molecule has 0 spiro atoms. The summed E-state index contributed by atoms with van der Waals surface area (Å²) in [7, 11) is 1.47. The van der Waals surface area contributed by atoms with Crippen LogP contribution < -0.4 is 0 Å². The fraction of sp³-hybridized carbons (Fsp3) is 0.417. The fourth-order valence-corrected chi connectivity index (χ4v) is 2.44. The minimum Gasteiger partial charge on any atom is -0.339 e. The Morgan fingerprint density at radius 3 is 2.28 bits per heavy atom. The van der Waals surface area contributed by atoms with E-state index in [1.165, 1.54) is 12.1 Å². The van der Waals surface area contributed by atoms with E-state index in [0.717, 1.165) is 5.56 Å². The molecule has 0 aromatic heterocycles. The SMILES string of the molecule is CCN(CC)C(=O)c1cc(S(=O)(=O)Cl)ccc1C. The van der Waals surface area contributed by atoms with Gasteiger partial charge in [-0.1, -0.05) is 6.07 Å². The van der Waals surface area contributed by atoms with Crippen molar-refractivity contribution in [2.45, 2.75) is 25.7 Å². The molecule has 0 radical (unpaired) electrons. The zero-order valence-corrected chi connectivity index (χ0v) is 12.2. The first-order chi connectivity index (χ1) is 8.31. The molecular formula is C12H16ClNO3S. The quantitative estimate of drug-likeness (QED) is 0.800. The molecule has 0 heterocycles. The predicted octanol–water partition coefficient (Wildman–Crippen LogP) is 2.40. The summed E-state index contributed by atoms with van der Waals surface area (Å²) in [5.74, 6) is -0.181. The van der Waals surface area contributed by atoms with Crippen molar-refractivity contribution in [3.8, 4) is 0 Å². The van der Waals surface area contributed by atoms with Gasteiger partial charge in [0.05, 0.1) is 4.90 Å². The van der Waals surface area contributed by atoms with Crippen molar-refractivity contribution in [2.75, 3.05) is 13.1 Å². The Hall–Kier alpha value is -1.07. The maximum Gasteiger partial charge on any atom is 0.261 e. The van der Waals surface area contributed by atoms with Crippen molar-refractivity contribution in [3.05, 3.63) is 29.3 Å². The molecular weight excluding hydrogens is 274 g/mol. The average Bonchev–Trinajstić information content (AvgIpc) is 2.29. The molecule has 0 saturated heterocycles. The number of carbonyl (C=O) groups is 1. The Labute approximate surface area is 112 Å². The molecule has 4 nitrogen and oxygen atoms in total. The molecule has 0 N–H and O–H groups in total. The van der Waals surface area contributed by atoms with Gasteiger partial charge in [0.1, 0.15) is 0 Å². The van der Waals surface area contributed by atoms with Crippen LogP contribution in [-0.2, 0) is 9.05 Å². The maximum atomic E-state index is 12.2. The van der Waals surface area contributed by atoms with Gasteiger partial charge in [-0.2, -0.15) is 0 Å². The van der Waals surface area contributed by atoms with Gasteiger partial charge in [0.25, 0.3) is 15.0 Å². The normalized spacial score (nSPS) is 11.3. The predicted molar refractivity (Wildman–Crippen MR) is 71.5 cm³/mol. The second-order valence-electron chi connectivity index (χ2n) is 3.89. The van der Waals surface area contributed by atoms with Gasteiger partial charge in [0.15, 0.2) is 0 Å². The Morgan fingerprint density at radius 1 is 1.28 bits per heavy atom. The van der Waals surface area contributed by atoms with E-state index in [9.17, 15) is 13.2 Å². The van der Waals surface area contributed by atoms with Crippen molar-refractivity contribution in [1.82, 2.24) is 4.90 Å². The van der Waals surface area contributed by atoms with Crippen molar-refractivity contribution in [3.63, 3.8) is 0 Å². The first-order valence-electron chi connectivity index (χ1n) is 5.65. The monoisotopic (exact) mass is 289 g/mol. The molecule has 0 bridgehead atoms. The highest BCUT2D eigenvalue weighted by Gasteiger charge is 2.18. The van der Waals surface area contributed by atoms with E-state index >= 15 is 0 Å². The molecule has 1 amide bonds. The Balaban J connectivity index is 3.28. The largest absolute Gasteiger partial charge is 0.339 e. The summed E-state index contributed by atoms with van der Waals surface area (Å²) in [5.41, 5.74) is 1.11. The van der Waals surface area contributed by atoms with E-state index in [4.69, 9.17) is 10.7 Å². The van der Waals surface area contributed by atoms with Gasteiger partial charge in [-0.05, 0) is 38.5 Å². The van der Waals surface area contributed by atoms with Gasteiger partial charge < -0.3 is 4.90 Å². The molecule has 6 heteroatoms. The van der Waals surface area contributed by atoms with E-state index in [2.05, 4.69) is 0 Å². The Bertz CT molecular complexity index is 550. The Morgan fingerprint density at radius 2 is 1.83 bits per heavy atom. The second kappa shape index (κ2) is 5.71. The van der Waals surface area contributed by atoms with Crippen LogP contribution in [0, 0.1) is 6.92 Å². The van der Waals surface area contributed by atoms with E-state index < -0.39 is 9.05 Å². The number of hydrogen-bond acceptors (Lipinski definition) is 3. The third-order valence-corrected chi connectivity index (χ3v) is 4.12. The minimum atomic E-state index is -3.81. The number of benzene rings is 1. The number of nitrogens with zero attached hydrogens (tertiary/aromatic N) is 1. The van der Waals surface area contributed by atoms with E-state index in [-0.39, 0.29) is 10.8 Å². The summed E-state index contributed by atoms with van der Waals surface area (Å²) in [5, 5.41) is 0. The highest BCUT2D eigenvalue weighted by atomic mass is 35.7. The van der Waals surface area contributed by atoms with Crippen LogP contribution in [0.25, 0.3) is 0 Å². The lowest BCUT2D eigenvalue weighted by Gasteiger charge is -2.20. The standard InChI is InChI=1S/C12H16ClNO3S/c1-4-14(5-2)12(15)11-8-10(18(13,16)17)7-6-9(11)3/h6-8H,4-5H2,1-3H3. The molecule has 100 valence electrons. The molecule has 0 aliphatic heterocycles. The van der Waals surface area contributed by atoms with Gasteiger partial charge in [0.2, 0.25) is 0 Å². The highest BCUT2D eigenvalue weighted by molar-refractivity contribution is 8.13. The molecule has 0 unspecified atom stereocenters. The summed E-state index contributed by atoms with van der Waals surface area (Å²) < 4.78 is 22.5. The van der Waals surface area contributed by atoms with Gasteiger partial charge in [-0.15, -0.1) is 0 Å². The molecule has 0 atom stereocenters. The number of aryl methyl sites for hydroxylation is 1. The van der Waals surface area contributed by atoms with E-state index in [0.29, 0.717) is 18.7 Å². The summed E-state index contributed by atoms with van der Waals surface area (Å²) in [6.07, 6.45) is 0. The maximum absolute atomic E-state index is 12.2. The van der Waals surface area contributed by atoms with Gasteiger partial charge >= 0.3 is 0 Å². The molecule has 1 aromatic rings. The van der Waals surface area contributed by atoms with Crippen LogP contribution in [0.4, 0.5) is 0 Å². The third kappa shape index (κ3) is 3.23. The number of rotatable bonds is 4. The topological polar surface area (TPSA) is 54.5 Å². The third-order valence-electron chi connectivity index (χ3n) is 2.77. The molecule has 18 heavy (non-hydrogen) atoms. The smallest absolute Gasteiger partial charge is 0.261 e. The summed E-state index contributed by atoms with van der Waals surface area (Å²) in [6, 6.07) is 4.32. The molecule has 0 fully saturated rings.